The van der Waals surface area contributed by atoms with Crippen LogP contribution in [0.15, 0.2) is 54.7 Å². The van der Waals surface area contributed by atoms with Gasteiger partial charge in [0.25, 0.3) is 10.1 Å². The van der Waals surface area contributed by atoms with Crippen molar-refractivity contribution in [1.29, 1.82) is 0 Å². The Morgan fingerprint density at radius 1 is 0.962 bits per heavy atom. The average Bonchev–Trinajstić information content (AvgIpc) is 2.62. The molecule has 0 spiro atoms. The number of ether oxygens (including phenoxy) is 3. The van der Waals surface area contributed by atoms with Crippen molar-refractivity contribution in [3.63, 3.8) is 0 Å². The highest BCUT2D eigenvalue weighted by Gasteiger charge is 2.52. The Kier molecular flexibility index (Phi) is 5.39. The van der Waals surface area contributed by atoms with E-state index in [1.54, 1.807) is 42.5 Å². The number of para-hydroxylation sites is 1. The quantitative estimate of drug-likeness (QED) is 0.619. The van der Waals surface area contributed by atoms with E-state index in [4.69, 9.17) is 14.2 Å². The van der Waals surface area contributed by atoms with Crippen LogP contribution in [0.25, 0.3) is 0 Å². The number of hydrogen-bond donors (Lipinski definition) is 3. The van der Waals surface area contributed by atoms with Gasteiger partial charge in [-0.25, -0.2) is 4.98 Å². The minimum absolute atomic E-state index is 0.0463. The molecule has 10 heteroatoms. The van der Waals surface area contributed by atoms with Crippen molar-refractivity contribution in [2.45, 2.75) is 30.0 Å². The molecular formula is C16H17NO8S. The van der Waals surface area contributed by atoms with Gasteiger partial charge in [-0.15, -0.1) is 0 Å². The number of benzene rings is 1. The van der Waals surface area contributed by atoms with Gasteiger partial charge in [-0.05, 0) is 18.2 Å². The molecule has 1 aromatic carbocycles. The molecule has 1 aromatic heterocycles. The topological polar surface area (TPSA) is 135 Å². The summed E-state index contributed by atoms with van der Waals surface area (Å²) < 4.78 is 48.4. The van der Waals surface area contributed by atoms with Crippen LogP contribution in [0.5, 0.6) is 11.6 Å². The largest absolute Gasteiger partial charge is 0.468 e. The lowest BCUT2D eigenvalue weighted by Crippen LogP contribution is -2.62. The minimum atomic E-state index is -4.81. The number of rotatable bonds is 5. The van der Waals surface area contributed by atoms with Gasteiger partial charge in [-0.1, -0.05) is 24.3 Å². The van der Waals surface area contributed by atoms with Gasteiger partial charge in [0.15, 0.2) is 12.2 Å². The lowest BCUT2D eigenvalue weighted by atomic mass is 10.0. The number of aliphatic hydroxyl groups excluding tert-OH is 2. The molecule has 0 radical (unpaired) electrons. The van der Waals surface area contributed by atoms with Crippen LogP contribution >= 0.6 is 0 Å². The summed E-state index contributed by atoms with van der Waals surface area (Å²) in [5.74, 6) is 0.337. The van der Waals surface area contributed by atoms with Gasteiger partial charge in [0.2, 0.25) is 17.6 Å². The molecule has 2 heterocycles. The van der Waals surface area contributed by atoms with Crippen molar-refractivity contribution in [2.75, 3.05) is 0 Å². The zero-order valence-corrected chi connectivity index (χ0v) is 14.1. The maximum Gasteiger partial charge on any atom is 0.295 e. The fourth-order valence-electron chi connectivity index (χ4n) is 2.48. The SMILES string of the molecule is O=S(=O)(O)C1O[C@@H](Oc2ccccc2)[C@H](O)[C@@H](Oc2ccccn2)[C@@H]1O. The van der Waals surface area contributed by atoms with Crippen LogP contribution in [0.4, 0.5) is 0 Å². The molecule has 2 aromatic rings. The van der Waals surface area contributed by atoms with Crippen LogP contribution in [0.1, 0.15) is 0 Å². The molecule has 1 unspecified atom stereocenters. The number of aliphatic hydroxyl groups is 2. The standard InChI is InChI=1S/C16H17NO8S/c18-12-14(24-11-8-4-5-9-17-11)13(19)16(26(20,21)22)25-15(12)23-10-6-2-1-3-7-10/h1-9,12-16,18-19H,(H,20,21,22)/t12-,13+,14-,15-,16?/m1/s1. The van der Waals surface area contributed by atoms with Crippen LogP contribution in [0.3, 0.4) is 0 Å². The molecule has 9 nitrogen and oxygen atoms in total. The molecule has 1 fully saturated rings. The Labute approximate surface area is 149 Å². The number of aromatic nitrogens is 1. The van der Waals surface area contributed by atoms with Crippen LogP contribution in [0, 0.1) is 0 Å². The third-order valence-electron chi connectivity index (χ3n) is 3.68. The van der Waals surface area contributed by atoms with Crippen LogP contribution in [0.2, 0.25) is 0 Å². The van der Waals surface area contributed by atoms with Crippen LogP contribution in [-0.2, 0) is 14.9 Å². The molecule has 26 heavy (non-hydrogen) atoms. The molecular weight excluding hydrogens is 366 g/mol. The van der Waals surface area contributed by atoms with E-state index in [9.17, 15) is 23.2 Å². The first-order chi connectivity index (χ1) is 12.4. The van der Waals surface area contributed by atoms with Crippen molar-refractivity contribution in [3.05, 3.63) is 54.7 Å². The van der Waals surface area contributed by atoms with E-state index in [-0.39, 0.29) is 5.88 Å². The zero-order valence-electron chi connectivity index (χ0n) is 13.3. The second kappa shape index (κ2) is 7.56. The minimum Gasteiger partial charge on any atom is -0.468 e. The summed E-state index contributed by atoms with van der Waals surface area (Å²) in [6.07, 6.45) is -5.00. The van der Waals surface area contributed by atoms with Gasteiger partial charge in [0, 0.05) is 12.3 Å². The van der Waals surface area contributed by atoms with Crippen molar-refractivity contribution in [2.24, 2.45) is 0 Å². The normalized spacial score (nSPS) is 29.1. The number of nitrogens with zero attached hydrogens (tertiary/aromatic N) is 1. The summed E-state index contributed by atoms with van der Waals surface area (Å²) in [5, 5.41) is 20.7. The molecule has 3 N–H and O–H groups in total. The van der Waals surface area contributed by atoms with E-state index in [0.717, 1.165) is 0 Å². The highest BCUT2D eigenvalue weighted by Crippen LogP contribution is 2.29. The summed E-state index contributed by atoms with van der Waals surface area (Å²) >= 11 is 0. The molecule has 140 valence electrons. The van der Waals surface area contributed by atoms with E-state index < -0.39 is 40.2 Å². The van der Waals surface area contributed by atoms with Crippen molar-refractivity contribution in [1.82, 2.24) is 4.98 Å². The first kappa shape index (κ1) is 18.5. The Bertz CT molecular complexity index is 817. The zero-order chi connectivity index (χ0) is 18.7. The first-order valence-electron chi connectivity index (χ1n) is 7.63. The molecule has 0 amide bonds. The Hall–Kier alpha value is -2.24. The summed E-state index contributed by atoms with van der Waals surface area (Å²) in [6.45, 7) is 0. The van der Waals surface area contributed by atoms with Crippen LogP contribution in [-0.4, -0.2) is 58.2 Å². The molecule has 1 aliphatic rings. The van der Waals surface area contributed by atoms with E-state index in [0.29, 0.717) is 5.75 Å². The van der Waals surface area contributed by atoms with E-state index >= 15 is 0 Å². The highest BCUT2D eigenvalue weighted by molar-refractivity contribution is 7.86. The van der Waals surface area contributed by atoms with Crippen molar-refractivity contribution >= 4 is 10.1 Å². The maximum atomic E-state index is 11.6. The summed E-state index contributed by atoms with van der Waals surface area (Å²) in [6, 6.07) is 12.9. The first-order valence-corrected chi connectivity index (χ1v) is 9.14. The fourth-order valence-corrected chi connectivity index (χ4v) is 3.23. The van der Waals surface area contributed by atoms with Crippen LogP contribution < -0.4 is 9.47 Å². The lowest BCUT2D eigenvalue weighted by molar-refractivity contribution is -0.249. The monoisotopic (exact) mass is 383 g/mol. The third-order valence-corrected chi connectivity index (χ3v) is 4.66. The van der Waals surface area contributed by atoms with E-state index in [1.807, 2.05) is 0 Å². The Balaban J connectivity index is 1.88. The predicted octanol–water partition coefficient (Wildman–Crippen LogP) is 0.200. The molecule has 3 rings (SSSR count). The molecule has 0 saturated carbocycles. The fraction of sp³-hybridized carbons (Fsp3) is 0.312. The summed E-state index contributed by atoms with van der Waals surface area (Å²) in [4.78, 5) is 3.90. The highest BCUT2D eigenvalue weighted by atomic mass is 32.2. The molecule has 0 aliphatic carbocycles. The third kappa shape index (κ3) is 4.11. The maximum absolute atomic E-state index is 11.6. The van der Waals surface area contributed by atoms with Gasteiger partial charge < -0.3 is 24.4 Å². The molecule has 5 atom stereocenters. The summed E-state index contributed by atoms with van der Waals surface area (Å²) in [7, 11) is -4.81. The van der Waals surface area contributed by atoms with Gasteiger partial charge in [0.05, 0.1) is 0 Å². The van der Waals surface area contributed by atoms with Gasteiger partial charge >= 0.3 is 0 Å². The Morgan fingerprint density at radius 3 is 2.27 bits per heavy atom. The average molecular weight is 383 g/mol. The van der Waals surface area contributed by atoms with Gasteiger partial charge in [-0.3, -0.25) is 4.55 Å². The Morgan fingerprint density at radius 2 is 1.65 bits per heavy atom. The second-order valence-corrected chi connectivity index (χ2v) is 7.04. The lowest BCUT2D eigenvalue weighted by Gasteiger charge is -2.40. The summed E-state index contributed by atoms with van der Waals surface area (Å²) in [5.41, 5.74) is -2.06. The van der Waals surface area contributed by atoms with Crippen molar-refractivity contribution < 1.29 is 37.4 Å². The second-order valence-electron chi connectivity index (χ2n) is 5.55. The van der Waals surface area contributed by atoms with E-state index in [1.165, 1.54) is 12.3 Å². The molecule has 1 aliphatic heterocycles. The van der Waals surface area contributed by atoms with Gasteiger partial charge in [-0.2, -0.15) is 8.42 Å². The smallest absolute Gasteiger partial charge is 0.295 e. The molecule has 1 saturated heterocycles. The van der Waals surface area contributed by atoms with E-state index in [2.05, 4.69) is 4.98 Å². The van der Waals surface area contributed by atoms with Crippen molar-refractivity contribution in [3.8, 4) is 11.6 Å². The predicted molar refractivity (Wildman–Crippen MR) is 87.9 cm³/mol. The number of hydrogen-bond acceptors (Lipinski definition) is 8. The number of pyridine rings is 1. The van der Waals surface area contributed by atoms with Gasteiger partial charge in [0.1, 0.15) is 11.9 Å². The molecule has 0 bridgehead atoms.